The van der Waals surface area contributed by atoms with Gasteiger partial charge in [0.05, 0.1) is 12.8 Å². The number of nitrogens with one attached hydrogen (secondary N) is 1. The quantitative estimate of drug-likeness (QED) is 0.261. The Labute approximate surface area is 211 Å². The van der Waals surface area contributed by atoms with E-state index in [-0.39, 0.29) is 11.2 Å². The lowest BCUT2D eigenvalue weighted by Gasteiger charge is -2.35. The number of aliphatic carboxylic acids is 2. The molecule has 1 fully saturated rings. The molecule has 0 radical (unpaired) electrons. The van der Waals surface area contributed by atoms with E-state index >= 15 is 0 Å². The molecule has 10 heteroatoms. The predicted molar refractivity (Wildman–Crippen MR) is 132 cm³/mol. The van der Waals surface area contributed by atoms with Crippen molar-refractivity contribution in [3.8, 4) is 5.75 Å². The first kappa shape index (κ1) is 29.3. The van der Waals surface area contributed by atoms with Gasteiger partial charge in [0.2, 0.25) is 0 Å². The Morgan fingerprint density at radius 1 is 1.17 bits per heavy atom. The van der Waals surface area contributed by atoms with Gasteiger partial charge in [-0.3, -0.25) is 14.4 Å². The van der Waals surface area contributed by atoms with Crippen molar-refractivity contribution in [2.45, 2.75) is 76.4 Å². The van der Waals surface area contributed by atoms with Crippen molar-refractivity contribution in [3.05, 3.63) is 29.8 Å². The number of nitrogens with zero attached hydrogens (tertiary/aromatic N) is 1. The van der Waals surface area contributed by atoms with Gasteiger partial charge in [-0.1, -0.05) is 39.3 Å². The molecular weight excluding hydrogens is 468 g/mol. The molecule has 4 N–H and O–H groups in total. The largest absolute Gasteiger partial charge is 0.481 e. The van der Waals surface area contributed by atoms with Gasteiger partial charge < -0.3 is 30.3 Å². The Bertz CT molecular complexity index is 965. The van der Waals surface area contributed by atoms with E-state index in [0.717, 1.165) is 44.3 Å². The lowest BCUT2D eigenvalue weighted by molar-refractivity contribution is -0.159. The highest BCUT2D eigenvalue weighted by atomic mass is 16.5. The number of hydrogen-bond acceptors (Lipinski definition) is 7. The Balaban J connectivity index is 2.23. The van der Waals surface area contributed by atoms with Gasteiger partial charge in [0.25, 0.3) is 5.91 Å². The molecule has 2 rings (SSSR count). The fourth-order valence-corrected chi connectivity index (χ4v) is 4.81. The summed E-state index contributed by atoms with van der Waals surface area (Å²) in [5.41, 5.74) is -1.78. The van der Waals surface area contributed by atoms with Gasteiger partial charge in [0.15, 0.2) is 5.60 Å². The lowest BCUT2D eigenvalue weighted by Crippen LogP contribution is -2.55. The van der Waals surface area contributed by atoms with Gasteiger partial charge in [-0.15, -0.1) is 0 Å². The number of ether oxygens (including phenoxy) is 1. The van der Waals surface area contributed by atoms with Crippen LogP contribution in [0.4, 0.5) is 0 Å². The van der Waals surface area contributed by atoms with E-state index in [1.807, 2.05) is 6.07 Å². The van der Waals surface area contributed by atoms with Crippen LogP contribution in [0.1, 0.15) is 64.9 Å². The number of likely N-dealkylation sites (tertiary alicyclic amines) is 1. The van der Waals surface area contributed by atoms with Crippen LogP contribution >= 0.6 is 0 Å². The zero-order chi connectivity index (χ0) is 27.1. The highest BCUT2D eigenvalue weighted by molar-refractivity contribution is 5.95. The zero-order valence-corrected chi connectivity index (χ0v) is 21.5. The van der Waals surface area contributed by atoms with Crippen molar-refractivity contribution >= 4 is 23.8 Å². The molecule has 0 spiro atoms. The van der Waals surface area contributed by atoms with Gasteiger partial charge in [-0.2, -0.15) is 0 Å². The van der Waals surface area contributed by atoms with Gasteiger partial charge in [-0.25, -0.2) is 4.79 Å². The minimum atomic E-state index is -2.68. The van der Waals surface area contributed by atoms with Gasteiger partial charge in [0, 0.05) is 12.0 Å². The molecular formula is C26H38N2O8. The predicted octanol–water partition coefficient (Wildman–Crippen LogP) is 2.18. The van der Waals surface area contributed by atoms with E-state index in [9.17, 15) is 34.5 Å². The average molecular weight is 507 g/mol. The van der Waals surface area contributed by atoms with Crippen LogP contribution in [0, 0.1) is 5.92 Å². The molecule has 0 aliphatic carbocycles. The number of likely N-dealkylation sites (N-methyl/N-ethyl adjacent to an activating group) is 1. The van der Waals surface area contributed by atoms with Crippen LogP contribution in [0.15, 0.2) is 24.3 Å². The maximum atomic E-state index is 12.7. The fourth-order valence-electron chi connectivity index (χ4n) is 4.81. The molecule has 200 valence electrons. The molecule has 1 aliphatic rings. The Morgan fingerprint density at radius 3 is 2.44 bits per heavy atom. The molecule has 0 bridgehead atoms. The zero-order valence-electron chi connectivity index (χ0n) is 21.5. The summed E-state index contributed by atoms with van der Waals surface area (Å²) in [5.74, 6) is -5.45. The maximum absolute atomic E-state index is 12.7. The van der Waals surface area contributed by atoms with E-state index in [2.05, 4.69) is 24.2 Å². The van der Waals surface area contributed by atoms with Crippen molar-refractivity contribution in [2.24, 2.45) is 5.92 Å². The maximum Gasteiger partial charge on any atom is 0.326 e. The number of rotatable bonds is 11. The standard InChI is InChI=1S/C26H38N2O8/c1-5-25(11-6-7-12-28(4)16-25)18-9-8-10-19(13-18)36-21(31)15-26(35,14-20(29)30)24(34)27-22(17(2)3)23(32)33/h8-10,13,17,22,35H,5-7,11-12,14-16H2,1-4H3,(H,27,34)(H,29,30)(H,32,33)/t22-,25?,26+/m0/s1. The lowest BCUT2D eigenvalue weighted by atomic mass is 9.74. The molecule has 36 heavy (non-hydrogen) atoms. The number of carbonyl (C=O) groups is 4. The number of carboxylic acid groups (broad SMARTS) is 2. The third-order valence-electron chi connectivity index (χ3n) is 6.90. The Morgan fingerprint density at radius 2 is 1.86 bits per heavy atom. The molecule has 1 heterocycles. The van der Waals surface area contributed by atoms with Crippen molar-refractivity contribution in [1.29, 1.82) is 0 Å². The highest BCUT2D eigenvalue weighted by Crippen LogP contribution is 2.37. The molecule has 0 saturated carbocycles. The van der Waals surface area contributed by atoms with Gasteiger partial charge >= 0.3 is 17.9 Å². The minimum Gasteiger partial charge on any atom is -0.481 e. The number of carbonyl (C=O) groups excluding carboxylic acids is 2. The van der Waals surface area contributed by atoms with E-state index in [1.165, 1.54) is 0 Å². The topological polar surface area (TPSA) is 153 Å². The summed E-state index contributed by atoms with van der Waals surface area (Å²) >= 11 is 0. The van der Waals surface area contributed by atoms with Crippen molar-refractivity contribution in [2.75, 3.05) is 20.1 Å². The Hall–Kier alpha value is -2.98. The third-order valence-corrected chi connectivity index (χ3v) is 6.90. The Kier molecular flexibility index (Phi) is 10.0. The number of hydrogen-bond donors (Lipinski definition) is 4. The van der Waals surface area contributed by atoms with Crippen LogP contribution in [-0.4, -0.2) is 75.8 Å². The highest BCUT2D eigenvalue weighted by Gasteiger charge is 2.43. The summed E-state index contributed by atoms with van der Waals surface area (Å²) in [6.07, 6.45) is 2.02. The third kappa shape index (κ3) is 7.51. The SMILES string of the molecule is CCC1(c2cccc(OC(=O)C[C@](O)(CC(=O)O)C(=O)N[C@H](C(=O)O)C(C)C)c2)CCCCN(C)C1. The van der Waals surface area contributed by atoms with Crippen LogP contribution in [0.3, 0.4) is 0 Å². The molecule has 0 aromatic heterocycles. The van der Waals surface area contributed by atoms with Crippen molar-refractivity contribution in [3.63, 3.8) is 0 Å². The molecule has 1 amide bonds. The van der Waals surface area contributed by atoms with Crippen molar-refractivity contribution < 1.29 is 39.2 Å². The smallest absolute Gasteiger partial charge is 0.326 e. The van der Waals surface area contributed by atoms with Crippen LogP contribution in [-0.2, 0) is 24.6 Å². The second-order valence-electron chi connectivity index (χ2n) is 10.1. The number of amides is 1. The number of esters is 1. The molecule has 1 saturated heterocycles. The summed E-state index contributed by atoms with van der Waals surface area (Å²) in [6.45, 7) is 7.10. The van der Waals surface area contributed by atoms with Crippen LogP contribution in [0.2, 0.25) is 0 Å². The molecule has 1 aromatic rings. The molecule has 1 aliphatic heterocycles. The summed E-state index contributed by atoms with van der Waals surface area (Å²) in [5, 5.41) is 31.5. The molecule has 1 unspecified atom stereocenters. The van der Waals surface area contributed by atoms with E-state index in [4.69, 9.17) is 4.74 Å². The van der Waals surface area contributed by atoms with E-state index in [1.54, 1.807) is 32.0 Å². The first-order chi connectivity index (χ1) is 16.8. The van der Waals surface area contributed by atoms with Gasteiger partial charge in [0.1, 0.15) is 11.8 Å². The summed E-state index contributed by atoms with van der Waals surface area (Å²) in [7, 11) is 2.09. The van der Waals surface area contributed by atoms with Crippen molar-refractivity contribution in [1.82, 2.24) is 10.2 Å². The summed E-state index contributed by atoms with van der Waals surface area (Å²) < 4.78 is 5.42. The second-order valence-corrected chi connectivity index (χ2v) is 10.1. The van der Waals surface area contributed by atoms with Crippen LogP contribution in [0.25, 0.3) is 0 Å². The molecule has 1 aromatic carbocycles. The molecule has 10 nitrogen and oxygen atoms in total. The average Bonchev–Trinajstić information content (AvgIpc) is 2.98. The normalized spacial score (nSPS) is 21.2. The number of benzene rings is 1. The van der Waals surface area contributed by atoms with E-state index in [0.29, 0.717) is 0 Å². The minimum absolute atomic E-state index is 0.111. The van der Waals surface area contributed by atoms with Crippen LogP contribution < -0.4 is 10.1 Å². The van der Waals surface area contributed by atoms with E-state index < -0.39 is 54.2 Å². The first-order valence-corrected chi connectivity index (χ1v) is 12.3. The van der Waals surface area contributed by atoms with Crippen LogP contribution in [0.5, 0.6) is 5.75 Å². The summed E-state index contributed by atoms with van der Waals surface area (Å²) in [6, 6.07) is 5.76. The second kappa shape index (κ2) is 12.3. The fraction of sp³-hybridized carbons (Fsp3) is 0.615. The monoisotopic (exact) mass is 506 g/mol. The molecule has 3 atom stereocenters. The first-order valence-electron chi connectivity index (χ1n) is 12.3. The number of aliphatic hydroxyl groups is 1. The number of carboxylic acids is 2. The van der Waals surface area contributed by atoms with Gasteiger partial charge in [-0.05, 0) is 56.5 Å². The summed E-state index contributed by atoms with van der Waals surface area (Å²) in [4.78, 5) is 50.5.